The Morgan fingerprint density at radius 3 is 2.35 bits per heavy atom. The lowest BCUT2D eigenvalue weighted by atomic mass is 10.3. The molecule has 1 aliphatic carbocycles. The minimum Gasteiger partial charge on any atom is -0.395 e. The predicted molar refractivity (Wildman–Crippen MR) is 79.4 cm³/mol. The van der Waals surface area contributed by atoms with Gasteiger partial charge in [0.25, 0.3) is 0 Å². The molecule has 0 spiro atoms. The number of hydrogen-bond donors (Lipinski definition) is 2. The Kier molecular flexibility index (Phi) is 4.67. The molecule has 5 nitrogen and oxygen atoms in total. The van der Waals surface area contributed by atoms with E-state index in [1.54, 1.807) is 26.0 Å². The minimum atomic E-state index is -3.44. The van der Waals surface area contributed by atoms with Crippen molar-refractivity contribution >= 4 is 15.7 Å². The van der Waals surface area contributed by atoms with Gasteiger partial charge in [0.15, 0.2) is 0 Å². The third-order valence-electron chi connectivity index (χ3n) is 3.20. The molecule has 0 unspecified atom stereocenters. The Morgan fingerprint density at radius 1 is 1.30 bits per heavy atom. The molecule has 1 saturated carbocycles. The summed E-state index contributed by atoms with van der Waals surface area (Å²) in [5, 5.41) is 9.11. The second-order valence-electron chi connectivity index (χ2n) is 5.42. The number of nitrogens with zero attached hydrogens (tertiary/aromatic N) is 1. The highest BCUT2D eigenvalue weighted by Gasteiger charge is 2.29. The van der Waals surface area contributed by atoms with Crippen LogP contribution in [0.15, 0.2) is 29.2 Å². The fourth-order valence-corrected chi connectivity index (χ4v) is 3.46. The largest absolute Gasteiger partial charge is 0.395 e. The minimum absolute atomic E-state index is 0.103. The summed E-state index contributed by atoms with van der Waals surface area (Å²) in [7, 11) is -3.44. The Hall–Kier alpha value is -1.11. The predicted octanol–water partition coefficient (Wildman–Crippen LogP) is 1.33. The highest BCUT2D eigenvalue weighted by atomic mass is 32.2. The average Bonchev–Trinajstić information content (AvgIpc) is 3.19. The summed E-state index contributed by atoms with van der Waals surface area (Å²) in [4.78, 5) is 2.40. The molecule has 0 aromatic heterocycles. The lowest BCUT2D eigenvalue weighted by Crippen LogP contribution is -2.31. The van der Waals surface area contributed by atoms with E-state index in [9.17, 15) is 8.42 Å². The molecule has 0 heterocycles. The van der Waals surface area contributed by atoms with Crippen molar-refractivity contribution < 1.29 is 13.5 Å². The smallest absolute Gasteiger partial charge is 0.240 e. The van der Waals surface area contributed by atoms with Gasteiger partial charge in [0.2, 0.25) is 10.0 Å². The van der Waals surface area contributed by atoms with Crippen molar-refractivity contribution in [1.29, 1.82) is 0 Å². The topological polar surface area (TPSA) is 69.6 Å². The number of aliphatic hydroxyl groups excluding tert-OH is 1. The molecule has 1 aromatic rings. The first-order chi connectivity index (χ1) is 9.44. The summed E-state index contributed by atoms with van der Waals surface area (Å²) in [5.41, 5.74) is 0.963. The van der Waals surface area contributed by atoms with Gasteiger partial charge in [-0.1, -0.05) is 0 Å². The number of sulfonamides is 1. The fraction of sp³-hybridized carbons (Fsp3) is 0.571. The van der Waals surface area contributed by atoms with E-state index in [4.69, 9.17) is 5.11 Å². The van der Waals surface area contributed by atoms with Gasteiger partial charge in [-0.05, 0) is 51.0 Å². The lowest BCUT2D eigenvalue weighted by Gasteiger charge is -2.23. The van der Waals surface area contributed by atoms with E-state index in [2.05, 4.69) is 9.62 Å². The highest BCUT2D eigenvalue weighted by Crippen LogP contribution is 2.31. The normalized spacial score (nSPS) is 15.6. The second-order valence-corrected chi connectivity index (χ2v) is 7.13. The zero-order chi connectivity index (χ0) is 14.8. The van der Waals surface area contributed by atoms with Crippen LogP contribution in [0.2, 0.25) is 0 Å². The zero-order valence-corrected chi connectivity index (χ0v) is 12.7. The maximum absolute atomic E-state index is 12.0. The fourth-order valence-electron chi connectivity index (χ4n) is 2.21. The van der Waals surface area contributed by atoms with Crippen LogP contribution in [0, 0.1) is 0 Å². The van der Waals surface area contributed by atoms with Crippen LogP contribution < -0.4 is 9.62 Å². The molecule has 0 radical (unpaired) electrons. The van der Waals surface area contributed by atoms with Gasteiger partial charge in [0, 0.05) is 24.3 Å². The van der Waals surface area contributed by atoms with Gasteiger partial charge in [0.05, 0.1) is 11.5 Å². The Balaban J connectivity index is 2.17. The first kappa shape index (κ1) is 15.3. The molecule has 0 bridgehead atoms. The molecule has 1 fully saturated rings. The third-order valence-corrected chi connectivity index (χ3v) is 4.87. The molecule has 2 rings (SSSR count). The van der Waals surface area contributed by atoms with Crippen molar-refractivity contribution in [3.05, 3.63) is 24.3 Å². The Bertz CT molecular complexity index is 536. The lowest BCUT2D eigenvalue weighted by molar-refractivity contribution is 0.301. The average molecular weight is 298 g/mol. The van der Waals surface area contributed by atoms with Crippen LogP contribution in [-0.2, 0) is 10.0 Å². The molecule has 0 atom stereocenters. The van der Waals surface area contributed by atoms with Crippen LogP contribution in [0.4, 0.5) is 5.69 Å². The van der Waals surface area contributed by atoms with Gasteiger partial charge in [-0.15, -0.1) is 0 Å². The van der Waals surface area contributed by atoms with Crippen molar-refractivity contribution in [2.75, 3.05) is 18.1 Å². The molecule has 20 heavy (non-hydrogen) atoms. The van der Waals surface area contributed by atoms with Crippen molar-refractivity contribution in [1.82, 2.24) is 4.72 Å². The molecular formula is C14H22N2O3S. The quantitative estimate of drug-likeness (QED) is 0.797. The van der Waals surface area contributed by atoms with Gasteiger partial charge in [-0.25, -0.2) is 13.1 Å². The molecule has 1 aromatic carbocycles. The molecule has 0 amide bonds. The second kappa shape index (κ2) is 6.11. The van der Waals surface area contributed by atoms with Crippen LogP contribution in [0.1, 0.15) is 26.7 Å². The van der Waals surface area contributed by atoms with Gasteiger partial charge >= 0.3 is 0 Å². The van der Waals surface area contributed by atoms with Crippen molar-refractivity contribution in [3.63, 3.8) is 0 Å². The number of rotatable bonds is 7. The number of aliphatic hydroxyl groups is 1. The van der Waals surface area contributed by atoms with E-state index in [1.165, 1.54) is 0 Å². The summed E-state index contributed by atoms with van der Waals surface area (Å²) in [5.74, 6) is 0. The SMILES string of the molecule is CC(C)NS(=O)(=O)c1ccc(N(CCO)C2CC2)cc1. The Morgan fingerprint density at radius 2 is 1.90 bits per heavy atom. The summed E-state index contributed by atoms with van der Waals surface area (Å²) >= 11 is 0. The summed E-state index contributed by atoms with van der Waals surface area (Å²) in [6.45, 7) is 4.27. The standard InChI is InChI=1S/C14H22N2O3S/c1-11(2)15-20(18,19)14-7-5-13(6-8-14)16(9-10-17)12-3-4-12/h5-8,11-12,15,17H,3-4,9-10H2,1-2H3. The first-order valence-electron chi connectivity index (χ1n) is 6.94. The summed E-state index contributed by atoms with van der Waals surface area (Å²) < 4.78 is 26.6. The van der Waals surface area contributed by atoms with Gasteiger partial charge < -0.3 is 10.0 Å². The van der Waals surface area contributed by atoms with Crippen LogP contribution in [0.5, 0.6) is 0 Å². The Labute approximate surface area is 120 Å². The molecule has 112 valence electrons. The molecule has 0 aliphatic heterocycles. The maximum atomic E-state index is 12.0. The van der Waals surface area contributed by atoms with Gasteiger partial charge in [-0.3, -0.25) is 0 Å². The maximum Gasteiger partial charge on any atom is 0.240 e. The van der Waals surface area contributed by atoms with Crippen LogP contribution in [0.25, 0.3) is 0 Å². The first-order valence-corrected chi connectivity index (χ1v) is 8.42. The molecular weight excluding hydrogens is 276 g/mol. The number of anilines is 1. The van der Waals surface area contributed by atoms with E-state index in [1.807, 2.05) is 12.1 Å². The summed E-state index contributed by atoms with van der Waals surface area (Å²) in [6.07, 6.45) is 2.27. The van der Waals surface area contributed by atoms with E-state index in [-0.39, 0.29) is 17.5 Å². The molecule has 1 aliphatic rings. The van der Waals surface area contributed by atoms with E-state index in [0.29, 0.717) is 12.6 Å². The van der Waals surface area contributed by atoms with Crippen molar-refractivity contribution in [2.24, 2.45) is 0 Å². The van der Waals surface area contributed by atoms with E-state index >= 15 is 0 Å². The third kappa shape index (κ3) is 3.71. The van der Waals surface area contributed by atoms with Crippen molar-refractivity contribution in [2.45, 2.75) is 43.7 Å². The zero-order valence-electron chi connectivity index (χ0n) is 11.9. The van der Waals surface area contributed by atoms with Crippen molar-refractivity contribution in [3.8, 4) is 0 Å². The van der Waals surface area contributed by atoms with E-state index < -0.39 is 10.0 Å². The number of benzene rings is 1. The van der Waals surface area contributed by atoms with Crippen LogP contribution in [-0.4, -0.2) is 38.8 Å². The molecule has 0 saturated heterocycles. The van der Waals surface area contributed by atoms with Gasteiger partial charge in [-0.2, -0.15) is 0 Å². The van der Waals surface area contributed by atoms with E-state index in [0.717, 1.165) is 18.5 Å². The monoisotopic (exact) mass is 298 g/mol. The van der Waals surface area contributed by atoms with Crippen LogP contribution in [0.3, 0.4) is 0 Å². The van der Waals surface area contributed by atoms with Gasteiger partial charge in [0.1, 0.15) is 0 Å². The van der Waals surface area contributed by atoms with Crippen LogP contribution >= 0.6 is 0 Å². The number of nitrogens with one attached hydrogen (secondary N) is 1. The molecule has 6 heteroatoms. The highest BCUT2D eigenvalue weighted by molar-refractivity contribution is 7.89. The number of hydrogen-bond acceptors (Lipinski definition) is 4. The molecule has 2 N–H and O–H groups in total. The summed E-state index contributed by atoms with van der Waals surface area (Å²) in [6, 6.07) is 7.21.